The van der Waals surface area contributed by atoms with E-state index in [0.717, 1.165) is 0 Å². The summed E-state index contributed by atoms with van der Waals surface area (Å²) in [5.41, 5.74) is 0.394. The summed E-state index contributed by atoms with van der Waals surface area (Å²) in [7, 11) is -2.07. The van der Waals surface area contributed by atoms with Crippen molar-refractivity contribution >= 4 is 27.5 Å². The quantitative estimate of drug-likeness (QED) is 0.770. The summed E-state index contributed by atoms with van der Waals surface area (Å²) in [6.45, 7) is 2.21. The molecule has 1 aromatic rings. The molecule has 0 fully saturated rings. The second-order valence-corrected chi connectivity index (χ2v) is 5.40. The first kappa shape index (κ1) is 12.3. The smallest absolute Gasteiger partial charge is 0.273 e. The van der Waals surface area contributed by atoms with Crippen LogP contribution in [0.15, 0.2) is 27.5 Å². The monoisotopic (exact) mass is 274 g/mol. The van der Waals surface area contributed by atoms with Gasteiger partial charge in [0.2, 0.25) is 0 Å². The Morgan fingerprint density at radius 2 is 2.18 bits per heavy atom. The molecule has 0 atom stereocenters. The van der Waals surface area contributed by atoms with E-state index < -0.39 is 10.0 Å². The van der Waals surface area contributed by atoms with Gasteiger partial charge in [-0.3, -0.25) is 4.84 Å². The van der Waals surface area contributed by atoms with Crippen molar-refractivity contribution in [3.63, 3.8) is 0 Å². The molecule has 0 bridgehead atoms. The van der Waals surface area contributed by atoms with Crippen LogP contribution in [0.3, 0.4) is 0 Å². The van der Waals surface area contributed by atoms with Gasteiger partial charge in [0.1, 0.15) is 4.90 Å². The Labute approximate surface area is 105 Å². The van der Waals surface area contributed by atoms with E-state index in [4.69, 9.17) is 16.4 Å². The third-order valence-corrected chi connectivity index (χ3v) is 3.93. The molecule has 2 rings (SSSR count). The van der Waals surface area contributed by atoms with Gasteiger partial charge < -0.3 is 0 Å². The highest BCUT2D eigenvalue weighted by Gasteiger charge is 2.33. The molecule has 17 heavy (non-hydrogen) atoms. The van der Waals surface area contributed by atoms with Crippen molar-refractivity contribution in [1.29, 1.82) is 0 Å². The summed E-state index contributed by atoms with van der Waals surface area (Å²) in [5.74, 6) is 0.215. The Hall–Kier alpha value is -1.11. The number of nitrogens with zero attached hydrogens (tertiary/aromatic N) is 2. The predicted octanol–water partition coefficient (Wildman–Crippen LogP) is 1.67. The molecule has 0 radical (unpaired) electrons. The molecule has 0 aromatic heterocycles. The molecule has 1 aliphatic heterocycles. The lowest BCUT2D eigenvalue weighted by molar-refractivity contribution is -0.0719. The third-order valence-electron chi connectivity index (χ3n) is 2.30. The zero-order chi connectivity index (χ0) is 12.6. The first-order valence-corrected chi connectivity index (χ1v) is 6.79. The highest BCUT2D eigenvalue weighted by Crippen LogP contribution is 2.32. The van der Waals surface area contributed by atoms with Crippen molar-refractivity contribution in [2.45, 2.75) is 11.8 Å². The summed E-state index contributed by atoms with van der Waals surface area (Å²) >= 11 is 6.01. The van der Waals surface area contributed by atoms with Crippen LogP contribution in [-0.4, -0.2) is 33.0 Å². The first-order chi connectivity index (χ1) is 7.97. The Balaban J connectivity index is 2.60. The SMILES string of the molecule is CCON(C)C1=NS(=O)(=O)c2cccc(Cl)c21. The number of sulfonamides is 1. The highest BCUT2D eigenvalue weighted by molar-refractivity contribution is 7.90. The number of benzene rings is 1. The third kappa shape index (κ3) is 2.03. The Morgan fingerprint density at radius 1 is 1.47 bits per heavy atom. The second-order valence-electron chi connectivity index (χ2n) is 3.42. The van der Waals surface area contributed by atoms with E-state index in [2.05, 4.69) is 4.40 Å². The van der Waals surface area contributed by atoms with Gasteiger partial charge in [-0.25, -0.2) is 5.06 Å². The van der Waals surface area contributed by atoms with E-state index in [1.165, 1.54) is 11.1 Å². The van der Waals surface area contributed by atoms with Crippen LogP contribution < -0.4 is 0 Å². The molecule has 92 valence electrons. The number of rotatable bonds is 2. The largest absolute Gasteiger partial charge is 0.285 e. The van der Waals surface area contributed by atoms with Crippen LogP contribution >= 0.6 is 11.6 Å². The summed E-state index contributed by atoms with van der Waals surface area (Å²) in [6, 6.07) is 4.68. The molecular weight excluding hydrogens is 264 g/mol. The molecule has 0 saturated carbocycles. The maximum atomic E-state index is 11.8. The van der Waals surface area contributed by atoms with Gasteiger partial charge >= 0.3 is 0 Å². The van der Waals surface area contributed by atoms with Crippen molar-refractivity contribution < 1.29 is 13.3 Å². The van der Waals surface area contributed by atoms with Crippen LogP contribution in [0.1, 0.15) is 12.5 Å². The summed E-state index contributed by atoms with van der Waals surface area (Å²) in [5, 5.41) is 1.66. The van der Waals surface area contributed by atoms with E-state index in [9.17, 15) is 8.42 Å². The molecule has 7 heteroatoms. The van der Waals surface area contributed by atoms with E-state index in [-0.39, 0.29) is 10.7 Å². The van der Waals surface area contributed by atoms with Crippen LogP contribution in [0.25, 0.3) is 0 Å². The lowest BCUT2D eigenvalue weighted by Crippen LogP contribution is -2.27. The maximum Gasteiger partial charge on any atom is 0.285 e. The molecule has 0 unspecified atom stereocenters. The molecule has 0 N–H and O–H groups in total. The predicted molar refractivity (Wildman–Crippen MR) is 64.6 cm³/mol. The fourth-order valence-corrected chi connectivity index (χ4v) is 3.17. The molecule has 1 heterocycles. The van der Waals surface area contributed by atoms with Crippen molar-refractivity contribution in [3.05, 3.63) is 28.8 Å². The fourth-order valence-electron chi connectivity index (χ4n) is 1.61. The summed E-state index contributed by atoms with van der Waals surface area (Å²) < 4.78 is 27.3. The van der Waals surface area contributed by atoms with Crippen LogP contribution in [0.4, 0.5) is 0 Å². The topological polar surface area (TPSA) is 59.0 Å². The standard InChI is InChI=1S/C10H11ClN2O3S/c1-3-16-13(2)10-9-7(11)5-4-6-8(9)17(14,15)12-10/h4-6H,3H2,1-2H3. The van der Waals surface area contributed by atoms with Gasteiger partial charge in [-0.15, -0.1) is 4.40 Å². The molecule has 0 amide bonds. The number of hydrogen-bond donors (Lipinski definition) is 0. The van der Waals surface area contributed by atoms with Gasteiger partial charge in [0.05, 0.1) is 17.2 Å². The first-order valence-electron chi connectivity index (χ1n) is 4.98. The van der Waals surface area contributed by atoms with Crippen LogP contribution in [0.2, 0.25) is 5.02 Å². The molecule has 0 aliphatic carbocycles. The van der Waals surface area contributed by atoms with Crippen molar-refractivity contribution in [3.8, 4) is 0 Å². The molecule has 1 aromatic carbocycles. The lowest BCUT2D eigenvalue weighted by Gasteiger charge is -2.17. The van der Waals surface area contributed by atoms with Gasteiger partial charge in [-0.1, -0.05) is 17.7 Å². The number of hydroxylamine groups is 2. The van der Waals surface area contributed by atoms with Gasteiger partial charge in [0, 0.05) is 7.05 Å². The molecular formula is C10H11ClN2O3S. The normalized spacial score (nSPS) is 16.5. The van der Waals surface area contributed by atoms with Crippen molar-refractivity contribution in [2.24, 2.45) is 4.40 Å². The Morgan fingerprint density at radius 3 is 2.82 bits per heavy atom. The molecule has 1 aliphatic rings. The zero-order valence-electron chi connectivity index (χ0n) is 9.34. The van der Waals surface area contributed by atoms with Crippen molar-refractivity contribution in [1.82, 2.24) is 5.06 Å². The maximum absolute atomic E-state index is 11.8. The minimum atomic E-state index is -3.66. The number of amidine groups is 1. The van der Waals surface area contributed by atoms with Gasteiger partial charge in [0.25, 0.3) is 10.0 Å². The number of halogens is 1. The second kappa shape index (κ2) is 4.29. The Kier molecular flexibility index (Phi) is 3.11. The summed E-state index contributed by atoms with van der Waals surface area (Å²) in [4.78, 5) is 5.33. The number of fused-ring (bicyclic) bond motifs is 1. The van der Waals surface area contributed by atoms with E-state index >= 15 is 0 Å². The van der Waals surface area contributed by atoms with Crippen molar-refractivity contribution in [2.75, 3.05) is 13.7 Å². The van der Waals surface area contributed by atoms with Crippen LogP contribution in [0.5, 0.6) is 0 Å². The van der Waals surface area contributed by atoms with E-state index in [1.54, 1.807) is 26.1 Å². The minimum Gasteiger partial charge on any atom is -0.273 e. The van der Waals surface area contributed by atoms with E-state index in [0.29, 0.717) is 17.2 Å². The molecule has 0 spiro atoms. The molecule has 0 saturated heterocycles. The van der Waals surface area contributed by atoms with Gasteiger partial charge in [-0.2, -0.15) is 8.42 Å². The zero-order valence-corrected chi connectivity index (χ0v) is 10.9. The lowest BCUT2D eigenvalue weighted by atomic mass is 10.2. The van der Waals surface area contributed by atoms with Gasteiger partial charge in [0.15, 0.2) is 5.84 Å². The van der Waals surface area contributed by atoms with Gasteiger partial charge in [-0.05, 0) is 19.1 Å². The van der Waals surface area contributed by atoms with Crippen LogP contribution in [-0.2, 0) is 14.9 Å². The average molecular weight is 275 g/mol. The number of hydrogen-bond acceptors (Lipinski definition) is 4. The molecule has 5 nitrogen and oxygen atoms in total. The van der Waals surface area contributed by atoms with E-state index in [1.807, 2.05) is 0 Å². The average Bonchev–Trinajstić information content (AvgIpc) is 2.53. The Bertz CT molecular complexity index is 583. The minimum absolute atomic E-state index is 0.117. The summed E-state index contributed by atoms with van der Waals surface area (Å²) in [6.07, 6.45) is 0. The highest BCUT2D eigenvalue weighted by atomic mass is 35.5. The van der Waals surface area contributed by atoms with Crippen LogP contribution in [0, 0.1) is 0 Å². The fraction of sp³-hybridized carbons (Fsp3) is 0.300.